The fourth-order valence-corrected chi connectivity index (χ4v) is 8.54. The molecule has 0 unspecified atom stereocenters. The molecule has 3 saturated carbocycles. The molecule has 0 spiro atoms. The van der Waals surface area contributed by atoms with E-state index in [1.807, 2.05) is 13.1 Å². The van der Waals surface area contributed by atoms with Gasteiger partial charge in [0.25, 0.3) is 0 Å². The van der Waals surface area contributed by atoms with Gasteiger partial charge < -0.3 is 5.11 Å². The minimum absolute atomic E-state index is 0.0519. The molecule has 31 heavy (non-hydrogen) atoms. The summed E-state index contributed by atoms with van der Waals surface area (Å²) < 4.78 is 0. The molecule has 4 aliphatic rings. The molecule has 1 aromatic heterocycles. The van der Waals surface area contributed by atoms with Crippen LogP contribution in [0, 0.1) is 41.4 Å². The Kier molecular flexibility index (Phi) is 4.42. The second-order valence-corrected chi connectivity index (χ2v) is 11.6. The molecule has 3 fully saturated rings. The predicted octanol–water partition coefficient (Wildman–Crippen LogP) is 6.34. The summed E-state index contributed by atoms with van der Waals surface area (Å²) in [5.41, 5.74) is 4.74. The van der Waals surface area contributed by atoms with Crippen molar-refractivity contribution in [3.8, 4) is 0 Å². The van der Waals surface area contributed by atoms with Crippen LogP contribution in [0.2, 0.25) is 0 Å². The third-order valence-corrected chi connectivity index (χ3v) is 10.2. The van der Waals surface area contributed by atoms with Gasteiger partial charge in [-0.1, -0.05) is 26.0 Å². The molecule has 1 aromatic carbocycles. The molecule has 1 heterocycles. The van der Waals surface area contributed by atoms with Gasteiger partial charge in [0.05, 0.1) is 11.6 Å². The van der Waals surface area contributed by atoms with Gasteiger partial charge in [-0.05, 0) is 116 Å². The van der Waals surface area contributed by atoms with Crippen LogP contribution in [0.4, 0.5) is 0 Å². The number of rotatable bonds is 1. The fourth-order valence-electron chi connectivity index (χ4n) is 8.54. The number of hydrogen-bond acceptors (Lipinski definition) is 3. The van der Waals surface area contributed by atoms with Gasteiger partial charge in [0.1, 0.15) is 5.82 Å². The Balaban J connectivity index is 1.31. The molecule has 6 rings (SSSR count). The van der Waals surface area contributed by atoms with Crippen LogP contribution >= 0.6 is 0 Å². The maximum atomic E-state index is 10.3. The van der Waals surface area contributed by atoms with Crippen molar-refractivity contribution in [3.05, 3.63) is 41.9 Å². The van der Waals surface area contributed by atoms with Crippen molar-refractivity contribution in [1.29, 1.82) is 0 Å². The molecule has 0 saturated heterocycles. The van der Waals surface area contributed by atoms with Gasteiger partial charge in [0.2, 0.25) is 0 Å². The lowest BCUT2D eigenvalue weighted by Gasteiger charge is -2.60. The Morgan fingerprint density at radius 2 is 1.90 bits per heavy atom. The normalized spacial score (nSPS) is 41.9. The monoisotopic (exact) mass is 416 g/mol. The number of aliphatic hydroxyl groups is 1. The third kappa shape index (κ3) is 2.88. The Bertz CT molecular complexity index is 1060. The summed E-state index contributed by atoms with van der Waals surface area (Å²) in [7, 11) is 0. The van der Waals surface area contributed by atoms with Crippen LogP contribution in [-0.4, -0.2) is 21.2 Å². The van der Waals surface area contributed by atoms with Crippen molar-refractivity contribution in [3.63, 3.8) is 0 Å². The molecule has 0 bridgehead atoms. The predicted molar refractivity (Wildman–Crippen MR) is 125 cm³/mol. The molecule has 3 heteroatoms. The smallest absolute Gasteiger partial charge is 0.125 e. The van der Waals surface area contributed by atoms with Crippen LogP contribution in [0.1, 0.15) is 76.6 Å². The molecule has 3 nitrogen and oxygen atoms in total. The summed E-state index contributed by atoms with van der Waals surface area (Å²) in [5, 5.41) is 11.4. The third-order valence-electron chi connectivity index (χ3n) is 10.2. The standard InChI is InChI=1S/C28H36N2O/c1-17-29-16-19-14-18(4-9-26(19)30-17)23-7-8-24-22-6-5-20-15-21(31)10-12-27(20,2)25(22)11-13-28(23,24)3/h4,7,9,14,16,20-22,24-25,31H,5-6,8,10-13,15H2,1-3H3/t20-,21+,22-,24-,25-,27-,28+/m0/s1. The average molecular weight is 417 g/mol. The molecule has 0 amide bonds. The van der Waals surface area contributed by atoms with Crippen molar-refractivity contribution in [2.24, 2.45) is 34.5 Å². The van der Waals surface area contributed by atoms with Gasteiger partial charge in [-0.2, -0.15) is 0 Å². The van der Waals surface area contributed by atoms with E-state index in [0.29, 0.717) is 5.41 Å². The minimum atomic E-state index is -0.0519. The Morgan fingerprint density at radius 1 is 1.03 bits per heavy atom. The minimum Gasteiger partial charge on any atom is -0.393 e. The van der Waals surface area contributed by atoms with E-state index in [1.54, 1.807) is 5.57 Å². The second kappa shape index (κ2) is 6.88. The van der Waals surface area contributed by atoms with Crippen molar-refractivity contribution in [1.82, 2.24) is 9.97 Å². The lowest BCUT2D eigenvalue weighted by molar-refractivity contribution is -0.115. The number of hydrogen-bond donors (Lipinski definition) is 1. The average Bonchev–Trinajstić information content (AvgIpc) is 3.11. The molecule has 4 aliphatic carbocycles. The second-order valence-electron chi connectivity index (χ2n) is 11.6. The van der Waals surface area contributed by atoms with Crippen LogP contribution < -0.4 is 0 Å². The van der Waals surface area contributed by atoms with E-state index in [0.717, 1.165) is 53.2 Å². The number of aromatic nitrogens is 2. The molecule has 1 N–H and O–H groups in total. The fraction of sp³-hybridized carbons (Fsp3) is 0.643. The van der Waals surface area contributed by atoms with Gasteiger partial charge in [0.15, 0.2) is 0 Å². The van der Waals surface area contributed by atoms with E-state index in [1.165, 1.54) is 44.1 Å². The molecular formula is C28H36N2O. The number of nitrogens with zero attached hydrogens (tertiary/aromatic N) is 2. The van der Waals surface area contributed by atoms with Crippen molar-refractivity contribution in [2.75, 3.05) is 0 Å². The van der Waals surface area contributed by atoms with E-state index in [-0.39, 0.29) is 11.5 Å². The highest BCUT2D eigenvalue weighted by Crippen LogP contribution is 2.67. The van der Waals surface area contributed by atoms with Crippen LogP contribution in [-0.2, 0) is 0 Å². The summed E-state index contributed by atoms with van der Waals surface area (Å²) in [6.45, 7) is 7.10. The largest absolute Gasteiger partial charge is 0.393 e. The zero-order chi connectivity index (χ0) is 21.4. The summed E-state index contributed by atoms with van der Waals surface area (Å²) in [6, 6.07) is 6.80. The Hall–Kier alpha value is -1.74. The summed E-state index contributed by atoms with van der Waals surface area (Å²) in [4.78, 5) is 9.03. The lowest BCUT2D eigenvalue weighted by Crippen LogP contribution is -2.53. The molecular weight excluding hydrogens is 380 g/mol. The zero-order valence-electron chi connectivity index (χ0n) is 19.3. The van der Waals surface area contributed by atoms with E-state index in [2.05, 4.69) is 48.1 Å². The van der Waals surface area contributed by atoms with E-state index in [4.69, 9.17) is 0 Å². The lowest BCUT2D eigenvalue weighted by atomic mass is 9.44. The van der Waals surface area contributed by atoms with Gasteiger partial charge in [0, 0.05) is 11.6 Å². The van der Waals surface area contributed by atoms with Crippen molar-refractivity contribution >= 4 is 16.5 Å². The first kappa shape index (κ1) is 19.9. The van der Waals surface area contributed by atoms with E-state index in [9.17, 15) is 5.11 Å². The molecule has 164 valence electrons. The number of aliphatic hydroxyl groups excluding tert-OH is 1. The highest BCUT2D eigenvalue weighted by atomic mass is 16.3. The van der Waals surface area contributed by atoms with Crippen LogP contribution in [0.15, 0.2) is 30.5 Å². The zero-order valence-corrected chi connectivity index (χ0v) is 19.3. The number of benzene rings is 1. The van der Waals surface area contributed by atoms with Crippen LogP contribution in [0.5, 0.6) is 0 Å². The van der Waals surface area contributed by atoms with Gasteiger partial charge in [-0.15, -0.1) is 0 Å². The Labute approximate surface area is 186 Å². The summed E-state index contributed by atoms with van der Waals surface area (Å²) in [6.07, 6.45) is 14.4. The molecule has 0 aliphatic heterocycles. The number of fused-ring (bicyclic) bond motifs is 6. The van der Waals surface area contributed by atoms with Crippen LogP contribution in [0.25, 0.3) is 16.5 Å². The first-order valence-electron chi connectivity index (χ1n) is 12.5. The highest BCUT2D eigenvalue weighted by Gasteiger charge is 2.58. The van der Waals surface area contributed by atoms with E-state index >= 15 is 0 Å². The quantitative estimate of drug-likeness (QED) is 0.590. The van der Waals surface area contributed by atoms with Gasteiger partial charge in [-0.3, -0.25) is 0 Å². The SMILES string of the molecule is Cc1ncc2cc(C3=CC[C@H]4[C@@H]5CC[C@H]6C[C@H](O)CC[C@]6(C)[C@H]5CC[C@]34C)ccc2n1. The first-order chi connectivity index (χ1) is 14.9. The molecule has 7 atom stereocenters. The Morgan fingerprint density at radius 3 is 2.77 bits per heavy atom. The van der Waals surface area contributed by atoms with Crippen molar-refractivity contribution < 1.29 is 5.11 Å². The number of allylic oxidation sites excluding steroid dienone is 2. The maximum absolute atomic E-state index is 10.3. The molecule has 2 aromatic rings. The van der Waals surface area contributed by atoms with Gasteiger partial charge in [-0.25, -0.2) is 9.97 Å². The molecule has 0 radical (unpaired) electrons. The van der Waals surface area contributed by atoms with E-state index < -0.39 is 0 Å². The van der Waals surface area contributed by atoms with Crippen molar-refractivity contribution in [2.45, 2.75) is 78.2 Å². The van der Waals surface area contributed by atoms with Gasteiger partial charge >= 0.3 is 0 Å². The van der Waals surface area contributed by atoms with Crippen LogP contribution in [0.3, 0.4) is 0 Å². The summed E-state index contributed by atoms with van der Waals surface area (Å²) >= 11 is 0. The summed E-state index contributed by atoms with van der Waals surface area (Å²) in [5.74, 6) is 4.04. The number of aryl methyl sites for hydroxylation is 1. The highest BCUT2D eigenvalue weighted by molar-refractivity contribution is 5.84. The first-order valence-corrected chi connectivity index (χ1v) is 12.5. The topological polar surface area (TPSA) is 46.0 Å². The maximum Gasteiger partial charge on any atom is 0.125 e.